The predicted molar refractivity (Wildman–Crippen MR) is 96.4 cm³/mol. The minimum absolute atomic E-state index is 0.0522. The van der Waals surface area contributed by atoms with E-state index in [-0.39, 0.29) is 5.91 Å². The Bertz CT molecular complexity index is 740. The highest BCUT2D eigenvalue weighted by atomic mass is 16.2. The number of pyridine rings is 1. The lowest BCUT2D eigenvalue weighted by Crippen LogP contribution is -2.55. The van der Waals surface area contributed by atoms with Gasteiger partial charge in [0.15, 0.2) is 5.96 Å². The number of hydrogen-bond donors (Lipinski definition) is 1. The molecule has 0 bridgehead atoms. The number of aromatic nitrogens is 3. The Morgan fingerprint density at radius 3 is 2.76 bits per heavy atom. The first-order chi connectivity index (χ1) is 12.2. The third-order valence-corrected chi connectivity index (χ3v) is 4.18. The number of carbonyl (C=O) groups is 1. The van der Waals surface area contributed by atoms with Crippen LogP contribution in [0.3, 0.4) is 0 Å². The van der Waals surface area contributed by atoms with E-state index in [1.54, 1.807) is 35.2 Å². The van der Waals surface area contributed by atoms with Crippen LogP contribution in [-0.2, 0) is 18.3 Å². The van der Waals surface area contributed by atoms with Crippen molar-refractivity contribution in [3.05, 3.63) is 42.5 Å². The summed E-state index contributed by atoms with van der Waals surface area (Å²) in [5, 5.41) is 7.47. The lowest BCUT2D eigenvalue weighted by molar-refractivity contribution is -0.120. The van der Waals surface area contributed by atoms with Crippen molar-refractivity contribution in [3.63, 3.8) is 0 Å². The fraction of sp³-hybridized carbons (Fsp3) is 0.412. The van der Waals surface area contributed by atoms with E-state index in [1.165, 1.54) is 5.56 Å². The molecule has 0 aliphatic carbocycles. The average Bonchev–Trinajstić information content (AvgIpc) is 3.05. The number of aliphatic imine (C=N–C) groups is 1. The fourth-order valence-electron chi connectivity index (χ4n) is 2.88. The van der Waals surface area contributed by atoms with E-state index < -0.39 is 0 Å². The Balaban J connectivity index is 1.53. The Kier molecular flexibility index (Phi) is 5.27. The molecule has 0 saturated carbocycles. The van der Waals surface area contributed by atoms with Gasteiger partial charge in [0.1, 0.15) is 6.54 Å². The first kappa shape index (κ1) is 16.9. The fourth-order valence-corrected chi connectivity index (χ4v) is 2.88. The number of piperazine rings is 1. The molecule has 3 heterocycles. The maximum Gasteiger partial charge on any atom is 0.246 e. The molecule has 2 aromatic rings. The lowest BCUT2D eigenvalue weighted by Gasteiger charge is -2.35. The van der Waals surface area contributed by atoms with Gasteiger partial charge in [-0.05, 0) is 24.1 Å². The van der Waals surface area contributed by atoms with Crippen LogP contribution >= 0.6 is 0 Å². The van der Waals surface area contributed by atoms with Gasteiger partial charge in [0.05, 0.1) is 11.9 Å². The van der Waals surface area contributed by atoms with Crippen LogP contribution in [-0.4, -0.2) is 64.8 Å². The summed E-state index contributed by atoms with van der Waals surface area (Å²) in [4.78, 5) is 24.6. The second kappa shape index (κ2) is 7.78. The number of nitrogens with one attached hydrogen (secondary N) is 1. The quantitative estimate of drug-likeness (QED) is 0.638. The molecule has 0 spiro atoms. The molecular weight excluding hydrogens is 318 g/mol. The Hall–Kier alpha value is -2.90. The summed E-state index contributed by atoms with van der Waals surface area (Å²) in [6.45, 7) is 2.42. The van der Waals surface area contributed by atoms with E-state index >= 15 is 0 Å². The molecule has 2 aromatic heterocycles. The molecule has 1 amide bonds. The van der Waals surface area contributed by atoms with Gasteiger partial charge in [-0.2, -0.15) is 5.10 Å². The number of carbonyl (C=O) groups excluding carboxylic acids is 1. The maximum atomic E-state index is 12.5. The summed E-state index contributed by atoms with van der Waals surface area (Å²) in [5.41, 5.74) is 2.06. The summed E-state index contributed by atoms with van der Waals surface area (Å²) in [6, 6.07) is 4.00. The molecule has 0 radical (unpaired) electrons. The zero-order valence-corrected chi connectivity index (χ0v) is 14.6. The second-order valence-corrected chi connectivity index (χ2v) is 5.92. The van der Waals surface area contributed by atoms with Crippen molar-refractivity contribution in [2.45, 2.75) is 6.42 Å². The van der Waals surface area contributed by atoms with Crippen molar-refractivity contribution >= 4 is 17.6 Å². The summed E-state index contributed by atoms with van der Waals surface area (Å²) in [6.07, 6.45) is 8.04. The molecule has 1 saturated heterocycles. The highest BCUT2D eigenvalue weighted by Gasteiger charge is 2.27. The van der Waals surface area contributed by atoms with Crippen LogP contribution in [0.1, 0.15) is 5.56 Å². The number of guanidine groups is 1. The molecule has 8 nitrogen and oxygen atoms in total. The molecule has 3 rings (SSSR count). The molecule has 132 valence electrons. The van der Waals surface area contributed by atoms with Gasteiger partial charge in [-0.1, -0.05) is 0 Å². The van der Waals surface area contributed by atoms with Gasteiger partial charge in [-0.3, -0.25) is 19.5 Å². The first-order valence-electron chi connectivity index (χ1n) is 8.31. The molecule has 1 aliphatic heterocycles. The van der Waals surface area contributed by atoms with Gasteiger partial charge in [0, 0.05) is 52.3 Å². The average molecular weight is 341 g/mol. The topological polar surface area (TPSA) is 78.7 Å². The maximum absolute atomic E-state index is 12.5. The monoisotopic (exact) mass is 341 g/mol. The zero-order chi connectivity index (χ0) is 17.6. The number of anilines is 1. The van der Waals surface area contributed by atoms with Gasteiger partial charge in [-0.25, -0.2) is 0 Å². The first-order valence-corrected chi connectivity index (χ1v) is 8.31. The van der Waals surface area contributed by atoms with E-state index in [4.69, 9.17) is 0 Å². The molecule has 8 heteroatoms. The van der Waals surface area contributed by atoms with Gasteiger partial charge >= 0.3 is 0 Å². The summed E-state index contributed by atoms with van der Waals surface area (Å²) in [5.74, 6) is 0.810. The van der Waals surface area contributed by atoms with E-state index in [9.17, 15) is 4.79 Å². The van der Waals surface area contributed by atoms with E-state index in [0.717, 1.165) is 31.2 Å². The number of aryl methyl sites for hydroxylation is 1. The van der Waals surface area contributed by atoms with E-state index in [0.29, 0.717) is 13.1 Å². The van der Waals surface area contributed by atoms with Crippen molar-refractivity contribution in [2.24, 2.45) is 12.0 Å². The number of rotatable bonds is 4. The van der Waals surface area contributed by atoms with Crippen LogP contribution in [0, 0.1) is 0 Å². The predicted octanol–water partition coefficient (Wildman–Crippen LogP) is 0.282. The van der Waals surface area contributed by atoms with Crippen molar-refractivity contribution in [1.29, 1.82) is 0 Å². The van der Waals surface area contributed by atoms with Crippen LogP contribution in [0.25, 0.3) is 0 Å². The van der Waals surface area contributed by atoms with Crippen molar-refractivity contribution in [2.75, 3.05) is 38.1 Å². The molecule has 1 aliphatic rings. The second-order valence-electron chi connectivity index (χ2n) is 5.92. The molecular formula is C17H23N7O. The molecule has 25 heavy (non-hydrogen) atoms. The highest BCUT2D eigenvalue weighted by molar-refractivity contribution is 5.98. The van der Waals surface area contributed by atoms with Crippen molar-refractivity contribution in [1.82, 2.24) is 25.0 Å². The molecule has 1 N–H and O–H groups in total. The van der Waals surface area contributed by atoms with Crippen LogP contribution in [0.2, 0.25) is 0 Å². The van der Waals surface area contributed by atoms with Crippen LogP contribution in [0.5, 0.6) is 0 Å². The van der Waals surface area contributed by atoms with Gasteiger partial charge in [0.2, 0.25) is 5.91 Å². The normalized spacial score (nSPS) is 15.6. The Morgan fingerprint density at radius 2 is 2.12 bits per heavy atom. The highest BCUT2D eigenvalue weighted by Crippen LogP contribution is 2.16. The molecule has 0 aromatic carbocycles. The molecule has 1 fully saturated rings. The van der Waals surface area contributed by atoms with Crippen LogP contribution in [0.15, 0.2) is 41.9 Å². The summed E-state index contributed by atoms with van der Waals surface area (Å²) in [7, 11) is 3.59. The number of hydrogen-bond acceptors (Lipinski definition) is 4. The minimum Gasteiger partial charge on any atom is -0.356 e. The van der Waals surface area contributed by atoms with E-state index in [1.807, 2.05) is 30.3 Å². The minimum atomic E-state index is 0.0522. The summed E-state index contributed by atoms with van der Waals surface area (Å²) >= 11 is 0. The lowest BCUT2D eigenvalue weighted by atomic mass is 10.2. The zero-order valence-electron chi connectivity index (χ0n) is 14.6. The van der Waals surface area contributed by atoms with Crippen molar-refractivity contribution in [3.8, 4) is 0 Å². The largest absolute Gasteiger partial charge is 0.356 e. The summed E-state index contributed by atoms with van der Waals surface area (Å²) < 4.78 is 1.70. The Morgan fingerprint density at radius 1 is 1.32 bits per heavy atom. The smallest absolute Gasteiger partial charge is 0.246 e. The van der Waals surface area contributed by atoms with Gasteiger partial charge in [0.25, 0.3) is 0 Å². The van der Waals surface area contributed by atoms with Crippen LogP contribution in [0.4, 0.5) is 5.69 Å². The standard InChI is InChI=1S/C17H23N7O/c1-18-17(20-8-5-14-3-6-19-7-4-14)23-9-10-24(16(25)13-23)15-11-21-22(2)12-15/h3-4,6-7,11-12H,5,8-10,13H2,1-2H3,(H,18,20). The van der Waals surface area contributed by atoms with E-state index in [2.05, 4.69) is 20.4 Å². The van der Waals surface area contributed by atoms with Gasteiger partial charge < -0.3 is 15.1 Å². The van der Waals surface area contributed by atoms with Gasteiger partial charge in [-0.15, -0.1) is 0 Å². The third kappa shape index (κ3) is 4.14. The van der Waals surface area contributed by atoms with Crippen molar-refractivity contribution < 1.29 is 4.79 Å². The number of amides is 1. The molecule has 0 atom stereocenters. The number of nitrogens with zero attached hydrogens (tertiary/aromatic N) is 6. The molecule has 0 unspecified atom stereocenters. The Labute approximate surface area is 147 Å². The van der Waals surface area contributed by atoms with Crippen LogP contribution < -0.4 is 10.2 Å². The SMILES string of the molecule is CN=C(NCCc1ccncc1)N1CCN(c2cnn(C)c2)C(=O)C1. The third-order valence-electron chi connectivity index (χ3n) is 4.18.